The smallest absolute Gasteiger partial charge is 0.253 e. The molecule has 1 amide bonds. The van der Waals surface area contributed by atoms with E-state index in [4.69, 9.17) is 0 Å². The quantitative estimate of drug-likeness (QED) is 0.646. The first-order valence-electron chi connectivity index (χ1n) is 10.5. The Bertz CT molecular complexity index is 1110. The number of fused-ring (bicyclic) bond motifs is 2. The maximum Gasteiger partial charge on any atom is 0.253 e. The highest BCUT2D eigenvalue weighted by Gasteiger charge is 2.50. The molecule has 1 spiro atoms. The molecule has 3 heterocycles. The predicted octanol–water partition coefficient (Wildman–Crippen LogP) is 5.26. The Labute approximate surface area is 171 Å². The van der Waals surface area contributed by atoms with Crippen LogP contribution in [0.5, 0.6) is 0 Å². The van der Waals surface area contributed by atoms with E-state index in [1.165, 1.54) is 16.7 Å². The first-order valence-corrected chi connectivity index (χ1v) is 10.5. The average Bonchev–Trinajstić information content (AvgIpc) is 3.31. The topological polar surface area (TPSA) is 57.8 Å². The zero-order valence-corrected chi connectivity index (χ0v) is 17.5. The number of hydrogen-bond donors (Lipinski definition) is 2. The van der Waals surface area contributed by atoms with Crippen LogP contribution in [0, 0.1) is 13.8 Å². The van der Waals surface area contributed by atoms with Crippen LogP contribution in [0.1, 0.15) is 65.3 Å². The van der Waals surface area contributed by atoms with Gasteiger partial charge in [0, 0.05) is 40.7 Å². The van der Waals surface area contributed by atoms with E-state index in [2.05, 4.69) is 61.2 Å². The second kappa shape index (κ2) is 6.31. The van der Waals surface area contributed by atoms with Crippen molar-refractivity contribution in [1.82, 2.24) is 15.3 Å². The molecule has 1 aliphatic heterocycles. The summed E-state index contributed by atoms with van der Waals surface area (Å²) < 4.78 is 0. The third kappa shape index (κ3) is 2.89. The molecule has 0 unspecified atom stereocenters. The molecule has 4 nitrogen and oxygen atoms in total. The number of aromatic amines is 1. The Morgan fingerprint density at radius 2 is 1.76 bits per heavy atom. The van der Waals surface area contributed by atoms with E-state index in [0.29, 0.717) is 5.92 Å². The van der Waals surface area contributed by atoms with Crippen LogP contribution in [0.4, 0.5) is 0 Å². The van der Waals surface area contributed by atoms with E-state index >= 15 is 0 Å². The van der Waals surface area contributed by atoms with Crippen LogP contribution in [0.2, 0.25) is 0 Å². The first kappa shape index (κ1) is 18.2. The molecule has 0 radical (unpaired) electrons. The number of nitrogens with zero attached hydrogens (tertiary/aromatic N) is 1. The second-order valence-electron chi connectivity index (χ2n) is 9.04. The van der Waals surface area contributed by atoms with Crippen molar-refractivity contribution >= 4 is 5.91 Å². The molecule has 2 N–H and O–H groups in total. The molecule has 3 aromatic rings. The zero-order valence-electron chi connectivity index (χ0n) is 17.5. The summed E-state index contributed by atoms with van der Waals surface area (Å²) in [6.07, 6.45) is 4.14. The van der Waals surface area contributed by atoms with Crippen LogP contribution in [0.15, 0.2) is 36.5 Å². The van der Waals surface area contributed by atoms with Crippen molar-refractivity contribution in [1.29, 1.82) is 0 Å². The number of carbonyl (C=O) groups is 1. The van der Waals surface area contributed by atoms with Crippen LogP contribution in [0.3, 0.4) is 0 Å². The summed E-state index contributed by atoms with van der Waals surface area (Å²) in [5, 5.41) is 3.05. The number of H-pyrrole nitrogens is 1. The maximum absolute atomic E-state index is 12.4. The highest BCUT2D eigenvalue weighted by molar-refractivity contribution is 5.99. The van der Waals surface area contributed by atoms with Crippen molar-refractivity contribution in [2.24, 2.45) is 0 Å². The Morgan fingerprint density at radius 1 is 1.03 bits per heavy atom. The molecular weight excluding hydrogens is 358 g/mol. The maximum atomic E-state index is 12.4. The van der Waals surface area contributed by atoms with Gasteiger partial charge in [0.05, 0.1) is 11.3 Å². The number of aromatic nitrogens is 2. The Kier molecular flexibility index (Phi) is 3.95. The molecule has 1 aliphatic carbocycles. The fourth-order valence-electron chi connectivity index (χ4n) is 5.01. The summed E-state index contributed by atoms with van der Waals surface area (Å²) in [6, 6.07) is 10.6. The lowest BCUT2D eigenvalue weighted by atomic mass is 9.90. The van der Waals surface area contributed by atoms with Gasteiger partial charge in [-0.1, -0.05) is 13.8 Å². The SMILES string of the molecule is Cc1cc(-c2cc(-c3cc4c([nH]3)C3(CC3)CNC4=O)ccn2)cc(C)c1C(C)C. The highest BCUT2D eigenvalue weighted by atomic mass is 16.1. The largest absolute Gasteiger partial charge is 0.357 e. The number of nitrogens with one attached hydrogen (secondary N) is 2. The van der Waals surface area contributed by atoms with Gasteiger partial charge in [0.2, 0.25) is 0 Å². The molecule has 5 rings (SSSR count). The predicted molar refractivity (Wildman–Crippen MR) is 116 cm³/mol. The van der Waals surface area contributed by atoms with Gasteiger partial charge in [-0.25, -0.2) is 0 Å². The number of aryl methyl sites for hydroxylation is 2. The average molecular weight is 386 g/mol. The number of rotatable bonds is 3. The molecular formula is C25H27N3O. The molecule has 1 aromatic carbocycles. The van der Waals surface area contributed by atoms with Crippen LogP contribution in [0.25, 0.3) is 22.5 Å². The fourth-order valence-corrected chi connectivity index (χ4v) is 5.01. The molecule has 2 aliphatic rings. The molecule has 148 valence electrons. The normalized spacial score (nSPS) is 16.8. The van der Waals surface area contributed by atoms with E-state index in [9.17, 15) is 4.79 Å². The lowest BCUT2D eigenvalue weighted by Gasteiger charge is -2.21. The summed E-state index contributed by atoms with van der Waals surface area (Å²) in [5.41, 5.74) is 10.2. The molecule has 29 heavy (non-hydrogen) atoms. The summed E-state index contributed by atoms with van der Waals surface area (Å²) >= 11 is 0. The van der Waals surface area contributed by atoms with Crippen LogP contribution >= 0.6 is 0 Å². The van der Waals surface area contributed by atoms with Crippen LogP contribution in [-0.2, 0) is 5.41 Å². The van der Waals surface area contributed by atoms with E-state index in [0.717, 1.165) is 53.2 Å². The van der Waals surface area contributed by atoms with Gasteiger partial charge in [-0.3, -0.25) is 9.78 Å². The lowest BCUT2D eigenvalue weighted by molar-refractivity contribution is 0.0937. The summed E-state index contributed by atoms with van der Waals surface area (Å²) in [5.74, 6) is 0.541. The Balaban J connectivity index is 1.56. The van der Waals surface area contributed by atoms with Gasteiger partial charge in [-0.05, 0) is 79.6 Å². The Morgan fingerprint density at radius 3 is 2.41 bits per heavy atom. The minimum Gasteiger partial charge on any atom is -0.357 e. The number of pyridine rings is 1. The first-order chi connectivity index (χ1) is 13.9. The van der Waals surface area contributed by atoms with Gasteiger partial charge in [0.25, 0.3) is 5.91 Å². The second-order valence-corrected chi connectivity index (χ2v) is 9.04. The lowest BCUT2D eigenvalue weighted by Crippen LogP contribution is -2.38. The Hall–Kier alpha value is -2.88. The monoisotopic (exact) mass is 385 g/mol. The molecule has 2 aromatic heterocycles. The van der Waals surface area contributed by atoms with Gasteiger partial charge in [0.1, 0.15) is 0 Å². The van der Waals surface area contributed by atoms with E-state index in [-0.39, 0.29) is 11.3 Å². The fraction of sp³-hybridized carbons (Fsp3) is 0.360. The summed E-state index contributed by atoms with van der Waals surface area (Å²) in [6.45, 7) is 9.60. The van der Waals surface area contributed by atoms with E-state index in [1.54, 1.807) is 0 Å². The number of hydrogen-bond acceptors (Lipinski definition) is 2. The van der Waals surface area contributed by atoms with Crippen LogP contribution < -0.4 is 5.32 Å². The molecule has 1 saturated carbocycles. The number of carbonyl (C=O) groups excluding carboxylic acids is 1. The van der Waals surface area contributed by atoms with Gasteiger partial charge >= 0.3 is 0 Å². The number of amides is 1. The van der Waals surface area contributed by atoms with Crippen molar-refractivity contribution < 1.29 is 4.79 Å². The van der Waals surface area contributed by atoms with E-state index in [1.807, 2.05) is 18.3 Å². The summed E-state index contributed by atoms with van der Waals surface area (Å²) in [7, 11) is 0. The van der Waals surface area contributed by atoms with Gasteiger partial charge in [0.15, 0.2) is 0 Å². The minimum atomic E-state index is 0.0322. The zero-order chi connectivity index (χ0) is 20.3. The van der Waals surface area contributed by atoms with Crippen molar-refractivity contribution in [2.45, 2.75) is 51.9 Å². The highest BCUT2D eigenvalue weighted by Crippen LogP contribution is 2.50. The third-order valence-electron chi connectivity index (χ3n) is 6.57. The summed E-state index contributed by atoms with van der Waals surface area (Å²) in [4.78, 5) is 20.6. The van der Waals surface area contributed by atoms with Gasteiger partial charge in [-0.2, -0.15) is 0 Å². The molecule has 0 atom stereocenters. The van der Waals surface area contributed by atoms with Crippen molar-refractivity contribution in [3.63, 3.8) is 0 Å². The van der Waals surface area contributed by atoms with Crippen molar-refractivity contribution in [3.8, 4) is 22.5 Å². The van der Waals surface area contributed by atoms with E-state index < -0.39 is 0 Å². The van der Waals surface area contributed by atoms with Crippen molar-refractivity contribution in [2.75, 3.05) is 6.54 Å². The van der Waals surface area contributed by atoms with Gasteiger partial charge < -0.3 is 10.3 Å². The van der Waals surface area contributed by atoms with Crippen LogP contribution in [-0.4, -0.2) is 22.4 Å². The molecule has 1 fully saturated rings. The third-order valence-corrected chi connectivity index (χ3v) is 6.57. The molecule has 4 heteroatoms. The molecule has 0 bridgehead atoms. The molecule has 0 saturated heterocycles. The van der Waals surface area contributed by atoms with Gasteiger partial charge in [-0.15, -0.1) is 0 Å². The number of benzene rings is 1. The standard InChI is InChI=1S/C25H27N3O/c1-14(2)22-15(3)9-18(10-16(22)4)20-11-17(5-8-26-20)21-12-19-23(28-21)25(6-7-25)13-27-24(19)29/h5,8-12,14,28H,6-7,13H2,1-4H3,(H,27,29). The van der Waals surface area contributed by atoms with Crippen molar-refractivity contribution in [3.05, 3.63) is 64.5 Å². The minimum absolute atomic E-state index is 0.0322.